The molecule has 0 unspecified atom stereocenters. The van der Waals surface area contributed by atoms with Crippen LogP contribution in [0.25, 0.3) is 0 Å². The summed E-state index contributed by atoms with van der Waals surface area (Å²) in [4.78, 5) is 11.0. The van der Waals surface area contributed by atoms with E-state index in [1.807, 2.05) is 26.0 Å². The molecule has 2 N–H and O–H groups in total. The summed E-state index contributed by atoms with van der Waals surface area (Å²) >= 11 is 0. The maximum atomic E-state index is 11.0. The van der Waals surface area contributed by atoms with E-state index in [4.69, 9.17) is 18.9 Å². The van der Waals surface area contributed by atoms with Crippen LogP contribution in [0.1, 0.15) is 43.5 Å². The number of hydrogen-bond acceptors (Lipinski definition) is 6. The van der Waals surface area contributed by atoms with Gasteiger partial charge in [-0.25, -0.2) is 0 Å². The number of aliphatic carboxylic acids is 1. The Morgan fingerprint density at radius 3 is 2.43 bits per heavy atom. The highest BCUT2D eigenvalue weighted by atomic mass is 16.5. The number of ether oxygens (including phenoxy) is 4. The zero-order valence-corrected chi connectivity index (χ0v) is 17.9. The maximum Gasteiger partial charge on any atom is 0.162 e. The number of carbonyl (C=O) groups is 1. The highest BCUT2D eigenvalue weighted by Gasteiger charge is 2.28. The molecule has 0 radical (unpaired) electrons. The minimum absolute atomic E-state index is 0.0603. The fourth-order valence-electron chi connectivity index (χ4n) is 3.72. The molecule has 7 heteroatoms. The molecule has 0 aliphatic carbocycles. The minimum Gasteiger partial charge on any atom is -0.546 e. The fourth-order valence-corrected chi connectivity index (χ4v) is 3.72. The van der Waals surface area contributed by atoms with Crippen LogP contribution >= 0.6 is 0 Å². The molecule has 3 rings (SSSR count). The van der Waals surface area contributed by atoms with E-state index in [2.05, 4.69) is 17.4 Å². The number of fused-ring (bicyclic) bond motifs is 1. The number of carboxylic acids is 1. The van der Waals surface area contributed by atoms with Crippen molar-refractivity contribution in [2.45, 2.75) is 39.3 Å². The molecule has 0 amide bonds. The molecule has 0 spiro atoms. The summed E-state index contributed by atoms with van der Waals surface area (Å²) in [5.41, 5.74) is 3.44. The molecule has 0 saturated carbocycles. The zero-order chi connectivity index (χ0) is 21.7. The van der Waals surface area contributed by atoms with Crippen molar-refractivity contribution in [1.29, 1.82) is 0 Å². The Morgan fingerprint density at radius 1 is 1.10 bits per heavy atom. The van der Waals surface area contributed by atoms with Crippen LogP contribution in [0.15, 0.2) is 30.3 Å². The molecule has 2 aromatic rings. The quantitative estimate of drug-likeness (QED) is 0.662. The predicted octanol–water partition coefficient (Wildman–Crippen LogP) is 1.22. The number of carboxylic acid groups (broad SMARTS) is 1. The molecule has 2 atom stereocenters. The summed E-state index contributed by atoms with van der Waals surface area (Å²) in [6.07, 6.45) is -0.128. The Hall–Kier alpha value is -2.93. The van der Waals surface area contributed by atoms with E-state index >= 15 is 0 Å². The number of methoxy groups -OCH3 is 1. The van der Waals surface area contributed by atoms with Crippen molar-refractivity contribution in [3.8, 4) is 23.0 Å². The summed E-state index contributed by atoms with van der Waals surface area (Å²) in [6.45, 7) is 7.43. The molecular formula is C23H29NO6. The lowest BCUT2D eigenvalue weighted by atomic mass is 9.89. The van der Waals surface area contributed by atoms with Gasteiger partial charge in [-0.3, -0.25) is 0 Å². The third kappa shape index (κ3) is 4.62. The molecule has 0 fully saturated rings. The van der Waals surface area contributed by atoms with Gasteiger partial charge in [-0.15, -0.1) is 0 Å². The monoisotopic (exact) mass is 415 g/mol. The first kappa shape index (κ1) is 21.8. The number of carbonyl (C=O) groups excluding carboxylic acids is 1. The molecule has 1 aliphatic rings. The van der Waals surface area contributed by atoms with Crippen LogP contribution in [-0.4, -0.2) is 38.9 Å². The van der Waals surface area contributed by atoms with E-state index in [0.717, 1.165) is 30.0 Å². The molecule has 0 aromatic heterocycles. The van der Waals surface area contributed by atoms with E-state index in [-0.39, 0.29) is 6.04 Å². The summed E-state index contributed by atoms with van der Waals surface area (Å²) in [7, 11) is 1.54. The van der Waals surface area contributed by atoms with Gasteiger partial charge < -0.3 is 34.2 Å². The Kier molecular flexibility index (Phi) is 7.05. The Morgan fingerprint density at radius 2 is 1.80 bits per heavy atom. The largest absolute Gasteiger partial charge is 0.546 e. The molecule has 1 aliphatic heterocycles. The molecule has 7 nitrogen and oxygen atoms in total. The van der Waals surface area contributed by atoms with Crippen molar-refractivity contribution in [1.82, 2.24) is 0 Å². The number of quaternary nitrogens is 1. The molecule has 1 heterocycles. The second kappa shape index (κ2) is 9.71. The highest BCUT2D eigenvalue weighted by Crippen LogP contribution is 2.38. The van der Waals surface area contributed by atoms with Crippen LogP contribution in [0.3, 0.4) is 0 Å². The van der Waals surface area contributed by atoms with Crippen molar-refractivity contribution in [3.05, 3.63) is 47.0 Å². The van der Waals surface area contributed by atoms with Gasteiger partial charge >= 0.3 is 0 Å². The van der Waals surface area contributed by atoms with Crippen LogP contribution in [0.2, 0.25) is 0 Å². The first-order chi connectivity index (χ1) is 14.5. The van der Waals surface area contributed by atoms with Gasteiger partial charge in [0.25, 0.3) is 0 Å². The van der Waals surface area contributed by atoms with Gasteiger partial charge in [-0.1, -0.05) is 0 Å². The Balaban J connectivity index is 1.97. The van der Waals surface area contributed by atoms with Crippen molar-refractivity contribution in [2.24, 2.45) is 0 Å². The average molecular weight is 415 g/mol. The van der Waals surface area contributed by atoms with Gasteiger partial charge in [0.2, 0.25) is 0 Å². The molecule has 0 saturated heterocycles. The van der Waals surface area contributed by atoms with Crippen LogP contribution in [0, 0.1) is 0 Å². The third-order valence-corrected chi connectivity index (χ3v) is 5.14. The minimum atomic E-state index is -1.27. The number of nitrogens with two attached hydrogens (primary N) is 1. The van der Waals surface area contributed by atoms with E-state index in [1.54, 1.807) is 6.07 Å². The van der Waals surface area contributed by atoms with Crippen molar-refractivity contribution < 1.29 is 34.2 Å². The van der Waals surface area contributed by atoms with Crippen LogP contribution in [-0.2, 0) is 11.2 Å². The van der Waals surface area contributed by atoms with Gasteiger partial charge in [0.15, 0.2) is 23.0 Å². The fraction of sp³-hybridized carbons (Fsp3) is 0.435. The van der Waals surface area contributed by atoms with E-state index in [9.17, 15) is 9.90 Å². The molecular weight excluding hydrogens is 386 g/mol. The lowest BCUT2D eigenvalue weighted by Gasteiger charge is -2.26. The van der Waals surface area contributed by atoms with Crippen LogP contribution in [0.5, 0.6) is 23.0 Å². The van der Waals surface area contributed by atoms with E-state index < -0.39 is 12.1 Å². The van der Waals surface area contributed by atoms with Gasteiger partial charge in [-0.05, 0) is 56.7 Å². The van der Waals surface area contributed by atoms with Crippen LogP contribution in [0.4, 0.5) is 0 Å². The average Bonchev–Trinajstić information content (AvgIpc) is 2.74. The number of hydrogen-bond donors (Lipinski definition) is 1. The molecule has 0 bridgehead atoms. The maximum absolute atomic E-state index is 11.0. The first-order valence-electron chi connectivity index (χ1n) is 10.3. The Bertz CT molecular complexity index is 898. The van der Waals surface area contributed by atoms with Crippen molar-refractivity contribution in [2.75, 3.05) is 26.9 Å². The number of benzene rings is 2. The predicted molar refractivity (Wildman–Crippen MR) is 109 cm³/mol. The second-order valence-corrected chi connectivity index (χ2v) is 7.11. The highest BCUT2D eigenvalue weighted by molar-refractivity contribution is 5.70. The summed E-state index contributed by atoms with van der Waals surface area (Å²) in [5.74, 6) is 1.10. The SMILES string of the molecule is CCOc1cc2c(cc1OCC)[C@@H](c1ccc(O[C@H](C)C(=O)[O-])c(OC)c1)[NH2+]CC2. The summed E-state index contributed by atoms with van der Waals surface area (Å²) < 4.78 is 22.5. The molecule has 30 heavy (non-hydrogen) atoms. The smallest absolute Gasteiger partial charge is 0.162 e. The topological polar surface area (TPSA) is 93.7 Å². The van der Waals surface area contributed by atoms with Crippen molar-refractivity contribution >= 4 is 5.97 Å². The molecule has 2 aromatic carbocycles. The van der Waals surface area contributed by atoms with Gasteiger partial charge in [0.1, 0.15) is 12.1 Å². The van der Waals surface area contributed by atoms with Gasteiger partial charge in [-0.2, -0.15) is 0 Å². The normalized spacial score (nSPS) is 16.3. The van der Waals surface area contributed by atoms with Crippen molar-refractivity contribution in [3.63, 3.8) is 0 Å². The van der Waals surface area contributed by atoms with Gasteiger partial charge in [0, 0.05) is 17.5 Å². The summed E-state index contributed by atoms with van der Waals surface area (Å²) in [5, 5.41) is 13.3. The Labute approximate surface area is 176 Å². The molecule has 162 valence electrons. The van der Waals surface area contributed by atoms with E-state index in [1.165, 1.54) is 25.2 Å². The van der Waals surface area contributed by atoms with Gasteiger partial charge in [0.05, 0.1) is 32.8 Å². The third-order valence-electron chi connectivity index (χ3n) is 5.14. The first-order valence-corrected chi connectivity index (χ1v) is 10.3. The second-order valence-electron chi connectivity index (χ2n) is 7.11. The number of rotatable bonds is 9. The van der Waals surface area contributed by atoms with E-state index in [0.29, 0.717) is 24.7 Å². The standard InChI is InChI=1S/C23H29NO6/c1-5-28-20-11-15-9-10-24-22(17(15)13-21(20)29-6-2)16-7-8-18(19(12-16)27-4)30-14(3)23(25)26/h7-8,11-14,22,24H,5-6,9-10H2,1-4H3,(H,25,26)/t14-,22-/m1/s1. The van der Waals surface area contributed by atoms with Crippen LogP contribution < -0.4 is 29.4 Å². The zero-order valence-electron chi connectivity index (χ0n) is 17.9. The summed E-state index contributed by atoms with van der Waals surface area (Å²) in [6, 6.07) is 9.79. The lowest BCUT2D eigenvalue weighted by Crippen LogP contribution is -2.87. The lowest BCUT2D eigenvalue weighted by molar-refractivity contribution is -0.690.